The van der Waals surface area contributed by atoms with E-state index in [0.29, 0.717) is 11.3 Å². The maximum Gasteiger partial charge on any atom is 0.433 e. The zero-order valence-corrected chi connectivity index (χ0v) is 14.5. The lowest BCUT2D eigenvalue weighted by atomic mass is 10.1. The topological polar surface area (TPSA) is 78.1 Å². The second-order valence-electron chi connectivity index (χ2n) is 6.06. The van der Waals surface area contributed by atoms with E-state index in [0.717, 1.165) is 4.90 Å². The van der Waals surface area contributed by atoms with E-state index >= 15 is 0 Å². The van der Waals surface area contributed by atoms with Gasteiger partial charge in [0.2, 0.25) is 6.23 Å². The number of rotatable bonds is 5. The molecule has 1 aliphatic heterocycles. The van der Waals surface area contributed by atoms with Crippen LogP contribution in [-0.4, -0.2) is 43.1 Å². The molecule has 0 saturated carbocycles. The summed E-state index contributed by atoms with van der Waals surface area (Å²) in [6, 6.07) is 14.5. The Hall–Kier alpha value is -3.25. The van der Waals surface area contributed by atoms with Crippen LogP contribution in [0, 0.1) is 11.3 Å². The summed E-state index contributed by atoms with van der Waals surface area (Å²) < 4.78 is 51.1. The minimum absolute atomic E-state index is 0.0713. The second kappa shape index (κ2) is 8.19. The number of ether oxygens (including phenoxy) is 2. The molecule has 1 heterocycles. The average Bonchev–Trinajstić information content (AvgIpc) is 3.12. The SMILES string of the molecule is N#Cc1ccccc1N1CC(COc2ccc(/C=N\O)cc2)OC1C(F)(F)F. The third-order valence-corrected chi connectivity index (χ3v) is 4.14. The molecule has 2 aromatic rings. The first-order valence-electron chi connectivity index (χ1n) is 8.30. The van der Waals surface area contributed by atoms with Crippen molar-refractivity contribution in [2.24, 2.45) is 5.16 Å². The molecule has 1 N–H and O–H groups in total. The monoisotopic (exact) mass is 391 g/mol. The third-order valence-electron chi connectivity index (χ3n) is 4.14. The molecule has 0 aliphatic carbocycles. The van der Waals surface area contributed by atoms with E-state index in [2.05, 4.69) is 5.16 Å². The summed E-state index contributed by atoms with van der Waals surface area (Å²) >= 11 is 0. The Morgan fingerprint density at radius 3 is 2.61 bits per heavy atom. The largest absolute Gasteiger partial charge is 0.491 e. The van der Waals surface area contributed by atoms with Crippen molar-refractivity contribution in [3.05, 3.63) is 59.7 Å². The summed E-state index contributed by atoms with van der Waals surface area (Å²) in [5, 5.41) is 20.6. The van der Waals surface area contributed by atoms with Crippen LogP contribution in [-0.2, 0) is 4.74 Å². The van der Waals surface area contributed by atoms with E-state index in [1.165, 1.54) is 18.3 Å². The van der Waals surface area contributed by atoms with Crippen molar-refractivity contribution in [2.75, 3.05) is 18.1 Å². The second-order valence-corrected chi connectivity index (χ2v) is 6.06. The number of alkyl halides is 3. The van der Waals surface area contributed by atoms with Crippen LogP contribution in [0.4, 0.5) is 18.9 Å². The van der Waals surface area contributed by atoms with Crippen molar-refractivity contribution in [3.63, 3.8) is 0 Å². The lowest BCUT2D eigenvalue weighted by Gasteiger charge is -2.27. The zero-order valence-electron chi connectivity index (χ0n) is 14.5. The highest BCUT2D eigenvalue weighted by Crippen LogP contribution is 2.36. The number of para-hydroxylation sites is 1. The van der Waals surface area contributed by atoms with Gasteiger partial charge in [0, 0.05) is 0 Å². The Labute approximate surface area is 159 Å². The van der Waals surface area contributed by atoms with E-state index in [4.69, 9.17) is 14.7 Å². The number of halogens is 3. The number of hydrogen-bond donors (Lipinski definition) is 1. The summed E-state index contributed by atoms with van der Waals surface area (Å²) in [5.41, 5.74) is 0.953. The van der Waals surface area contributed by atoms with Crippen molar-refractivity contribution >= 4 is 11.9 Å². The number of nitrogens with zero attached hydrogens (tertiary/aromatic N) is 3. The van der Waals surface area contributed by atoms with Crippen molar-refractivity contribution < 1.29 is 27.9 Å². The highest BCUT2D eigenvalue weighted by atomic mass is 19.4. The highest BCUT2D eigenvalue weighted by Gasteiger charge is 2.51. The summed E-state index contributed by atoms with van der Waals surface area (Å²) in [7, 11) is 0. The molecule has 1 aliphatic rings. The smallest absolute Gasteiger partial charge is 0.433 e. The Morgan fingerprint density at radius 2 is 1.96 bits per heavy atom. The summed E-state index contributed by atoms with van der Waals surface area (Å²) in [6.45, 7) is -0.163. The number of hydrogen-bond acceptors (Lipinski definition) is 6. The fourth-order valence-corrected chi connectivity index (χ4v) is 2.91. The lowest BCUT2D eigenvalue weighted by molar-refractivity contribution is -0.215. The fourth-order valence-electron chi connectivity index (χ4n) is 2.91. The molecule has 0 aromatic heterocycles. The Bertz CT molecular complexity index is 878. The van der Waals surface area contributed by atoms with E-state index in [1.54, 1.807) is 36.4 Å². The molecule has 0 radical (unpaired) electrons. The van der Waals surface area contributed by atoms with Gasteiger partial charge in [-0.1, -0.05) is 17.3 Å². The zero-order chi connectivity index (χ0) is 20.1. The van der Waals surface area contributed by atoms with Gasteiger partial charge in [-0.05, 0) is 42.0 Å². The molecule has 1 saturated heterocycles. The maximum atomic E-state index is 13.5. The highest BCUT2D eigenvalue weighted by molar-refractivity contribution is 5.79. The van der Waals surface area contributed by atoms with E-state index in [9.17, 15) is 18.4 Å². The van der Waals surface area contributed by atoms with Gasteiger partial charge in [0.05, 0.1) is 24.0 Å². The molecule has 0 bridgehead atoms. The minimum Gasteiger partial charge on any atom is -0.491 e. The number of oxime groups is 1. The van der Waals surface area contributed by atoms with Gasteiger partial charge in [-0.15, -0.1) is 0 Å². The van der Waals surface area contributed by atoms with Gasteiger partial charge in [0.15, 0.2) is 0 Å². The quantitative estimate of drug-likeness (QED) is 0.479. The van der Waals surface area contributed by atoms with Crippen LogP contribution in [0.25, 0.3) is 0 Å². The van der Waals surface area contributed by atoms with Gasteiger partial charge >= 0.3 is 6.18 Å². The van der Waals surface area contributed by atoms with Gasteiger partial charge in [-0.2, -0.15) is 18.4 Å². The van der Waals surface area contributed by atoms with Gasteiger partial charge in [0.25, 0.3) is 0 Å². The van der Waals surface area contributed by atoms with Crippen LogP contribution in [0.5, 0.6) is 5.75 Å². The first-order chi connectivity index (χ1) is 13.4. The fraction of sp³-hybridized carbons (Fsp3) is 0.263. The van der Waals surface area contributed by atoms with E-state index in [1.807, 2.05) is 6.07 Å². The summed E-state index contributed by atoms with van der Waals surface area (Å²) in [5.74, 6) is 0.443. The van der Waals surface area contributed by atoms with Gasteiger partial charge in [-0.3, -0.25) is 0 Å². The van der Waals surface area contributed by atoms with Crippen LogP contribution in [0.1, 0.15) is 11.1 Å². The first kappa shape index (κ1) is 19.5. The molecular weight excluding hydrogens is 375 g/mol. The molecule has 146 valence electrons. The van der Waals surface area contributed by atoms with Gasteiger partial charge in [-0.25, -0.2) is 0 Å². The molecule has 9 heteroatoms. The Balaban J connectivity index is 1.73. The van der Waals surface area contributed by atoms with Crippen LogP contribution < -0.4 is 9.64 Å². The van der Waals surface area contributed by atoms with Crippen LogP contribution >= 0.6 is 0 Å². The predicted molar refractivity (Wildman–Crippen MR) is 94.5 cm³/mol. The van der Waals surface area contributed by atoms with Gasteiger partial charge in [0.1, 0.15) is 24.5 Å². The van der Waals surface area contributed by atoms with Crippen LogP contribution in [0.3, 0.4) is 0 Å². The normalized spacial score (nSPS) is 19.7. The Kier molecular flexibility index (Phi) is 5.70. The molecule has 28 heavy (non-hydrogen) atoms. The molecule has 2 aromatic carbocycles. The summed E-state index contributed by atoms with van der Waals surface area (Å²) in [6.07, 6.45) is -6.37. The van der Waals surface area contributed by atoms with Crippen molar-refractivity contribution in [3.8, 4) is 11.8 Å². The van der Waals surface area contributed by atoms with Crippen LogP contribution in [0.2, 0.25) is 0 Å². The third kappa shape index (κ3) is 4.35. The van der Waals surface area contributed by atoms with Gasteiger partial charge < -0.3 is 19.6 Å². The molecular formula is C19H16F3N3O3. The molecule has 3 rings (SSSR count). The average molecular weight is 391 g/mol. The van der Waals surface area contributed by atoms with E-state index < -0.39 is 18.5 Å². The minimum atomic E-state index is -4.62. The van der Waals surface area contributed by atoms with Crippen molar-refractivity contribution in [1.29, 1.82) is 5.26 Å². The Morgan fingerprint density at radius 1 is 1.25 bits per heavy atom. The van der Waals surface area contributed by atoms with Crippen molar-refractivity contribution in [2.45, 2.75) is 18.5 Å². The lowest BCUT2D eigenvalue weighted by Crippen LogP contribution is -2.42. The number of nitriles is 1. The number of benzene rings is 2. The van der Waals surface area contributed by atoms with Crippen LogP contribution in [0.15, 0.2) is 53.7 Å². The standard InChI is InChI=1S/C19H16F3N3O3/c20-19(21,22)18-25(17-4-2-1-3-14(17)9-23)11-16(28-18)12-27-15-7-5-13(6-8-15)10-24-26/h1-8,10,16,18,26H,11-12H2/b24-10-. The molecule has 0 amide bonds. The van der Waals surface area contributed by atoms with Crippen molar-refractivity contribution in [1.82, 2.24) is 0 Å². The molecule has 1 fully saturated rings. The molecule has 0 spiro atoms. The molecule has 2 unspecified atom stereocenters. The van der Waals surface area contributed by atoms with E-state index in [-0.39, 0.29) is 24.4 Å². The molecule has 6 nitrogen and oxygen atoms in total. The first-order valence-corrected chi connectivity index (χ1v) is 8.30. The summed E-state index contributed by atoms with van der Waals surface area (Å²) in [4.78, 5) is 1.04. The molecule has 2 atom stereocenters. The maximum absolute atomic E-state index is 13.5. The predicted octanol–water partition coefficient (Wildman–Crippen LogP) is 3.54. The number of anilines is 1.